The van der Waals surface area contributed by atoms with Crippen LogP contribution in [0.4, 0.5) is 13.2 Å². The van der Waals surface area contributed by atoms with Gasteiger partial charge in [-0.25, -0.2) is 21.8 Å². The van der Waals surface area contributed by atoms with E-state index in [1.54, 1.807) is 18.2 Å². The lowest BCUT2D eigenvalue weighted by molar-refractivity contribution is -0.0484. The molecule has 230 valence electrons. The summed E-state index contributed by atoms with van der Waals surface area (Å²) >= 11 is 7.27. The van der Waals surface area contributed by atoms with E-state index in [1.807, 2.05) is 7.05 Å². The first kappa shape index (κ1) is 31.2. The Hall–Kier alpha value is -2.28. The van der Waals surface area contributed by atoms with Crippen LogP contribution in [0.3, 0.4) is 0 Å². The highest BCUT2D eigenvalue weighted by Crippen LogP contribution is 2.31. The molecule has 18 heteroatoms. The number of piperazine rings is 1. The first-order chi connectivity index (χ1) is 19.6. The van der Waals surface area contributed by atoms with Gasteiger partial charge >= 0.3 is 15.5 Å². The fraction of sp³-hybridized carbons (Fsp3) is 0.500. The van der Waals surface area contributed by atoms with Gasteiger partial charge in [0.25, 0.3) is 15.9 Å². The highest BCUT2D eigenvalue weighted by atomic mass is 35.5. The summed E-state index contributed by atoms with van der Waals surface area (Å²) < 4.78 is 91.7. The number of fused-ring (bicyclic) bond motifs is 2. The third-order valence-corrected chi connectivity index (χ3v) is 12.1. The van der Waals surface area contributed by atoms with Gasteiger partial charge in [-0.2, -0.15) is 21.8 Å². The molecule has 1 fully saturated rings. The summed E-state index contributed by atoms with van der Waals surface area (Å²) in [5.74, 6) is -0.472. The number of aromatic amines is 1. The average Bonchev–Trinajstić information content (AvgIpc) is 3.54. The topological polar surface area (TPSA) is 127 Å². The number of thiazole rings is 1. The maximum atomic E-state index is 13.6. The zero-order valence-corrected chi connectivity index (χ0v) is 25.8. The number of hydrogen-bond donors (Lipinski definition) is 1. The number of likely N-dealkylation sites (N-methyl/N-ethyl adjacent to an activating group) is 1. The molecule has 4 heterocycles. The van der Waals surface area contributed by atoms with E-state index in [4.69, 9.17) is 11.6 Å². The number of H-pyrrole nitrogens is 1. The Labute approximate surface area is 249 Å². The van der Waals surface area contributed by atoms with Gasteiger partial charge in [-0.05, 0) is 37.7 Å². The molecule has 0 spiro atoms. The number of carbonyl (C=O) groups excluding carboxylic acids is 1. The van der Waals surface area contributed by atoms with Crippen molar-refractivity contribution in [1.29, 1.82) is 0 Å². The van der Waals surface area contributed by atoms with E-state index < -0.39 is 44.0 Å². The fourth-order valence-corrected chi connectivity index (χ4v) is 8.59. The van der Waals surface area contributed by atoms with Gasteiger partial charge in [0, 0.05) is 79.6 Å². The Morgan fingerprint density at radius 1 is 1.19 bits per heavy atom. The highest BCUT2D eigenvalue weighted by molar-refractivity contribution is 7.90. The van der Waals surface area contributed by atoms with E-state index in [9.17, 15) is 34.8 Å². The van der Waals surface area contributed by atoms with E-state index in [1.165, 1.54) is 22.3 Å². The van der Waals surface area contributed by atoms with Crippen molar-refractivity contribution in [3.63, 3.8) is 0 Å². The maximum Gasteiger partial charge on any atom is 0.511 e. The number of amides is 1. The number of benzene rings is 1. The van der Waals surface area contributed by atoms with Crippen LogP contribution in [0, 0.1) is 0 Å². The number of nitrogens with one attached hydrogen (secondary N) is 1. The molecule has 1 atom stereocenters. The molecule has 0 aliphatic carbocycles. The number of alkyl halides is 3. The van der Waals surface area contributed by atoms with Gasteiger partial charge in [0.1, 0.15) is 5.03 Å². The van der Waals surface area contributed by atoms with Crippen LogP contribution < -0.4 is 0 Å². The van der Waals surface area contributed by atoms with Crippen molar-refractivity contribution >= 4 is 59.8 Å². The standard InChI is InChI=1S/C24H28ClF3N6O5S3/c1-31-7-6-19-20(14-31)40-22(30-19)23(35)34-10-9-33(13-17(34)5-8-32(2)42(38,39)24(26,27)28)41(36,37)21-12-15-11-16(25)3-4-18(15)29-21/h3-4,11-12,17,29H,5-10,13-14H2,1-2H3. The molecule has 1 N–H and O–H groups in total. The number of rotatable bonds is 7. The molecule has 0 saturated carbocycles. The molecule has 42 heavy (non-hydrogen) atoms. The Morgan fingerprint density at radius 3 is 2.64 bits per heavy atom. The molecule has 5 rings (SSSR count). The first-order valence-electron chi connectivity index (χ1n) is 12.9. The molecule has 1 unspecified atom stereocenters. The van der Waals surface area contributed by atoms with Crippen LogP contribution in [0.2, 0.25) is 5.02 Å². The lowest BCUT2D eigenvalue weighted by Crippen LogP contribution is -2.57. The summed E-state index contributed by atoms with van der Waals surface area (Å²) in [5.41, 5.74) is -4.14. The number of halogens is 4. The minimum atomic E-state index is -5.61. The molecule has 1 aromatic carbocycles. The van der Waals surface area contributed by atoms with Crippen molar-refractivity contribution < 1.29 is 34.8 Å². The Bertz CT molecular complexity index is 1730. The van der Waals surface area contributed by atoms with E-state index in [0.717, 1.165) is 28.5 Å². The first-order valence-corrected chi connectivity index (χ1v) is 16.9. The van der Waals surface area contributed by atoms with Gasteiger partial charge in [0.15, 0.2) is 5.01 Å². The van der Waals surface area contributed by atoms with E-state index in [0.29, 0.717) is 28.9 Å². The van der Waals surface area contributed by atoms with Gasteiger partial charge in [-0.1, -0.05) is 11.6 Å². The van der Waals surface area contributed by atoms with Gasteiger partial charge in [-0.3, -0.25) is 4.79 Å². The molecule has 2 aliphatic rings. The second kappa shape index (κ2) is 11.3. The third kappa shape index (κ3) is 5.92. The average molecular weight is 669 g/mol. The second-order valence-electron chi connectivity index (χ2n) is 10.3. The molecule has 0 radical (unpaired) electrons. The van der Waals surface area contributed by atoms with Gasteiger partial charge in [-0.15, -0.1) is 11.3 Å². The molecule has 3 aromatic rings. The predicted octanol–water partition coefficient (Wildman–Crippen LogP) is 2.95. The number of hydrogen-bond acceptors (Lipinski definition) is 8. The molecular formula is C24H28ClF3N6O5S3. The van der Waals surface area contributed by atoms with Crippen LogP contribution in [0.1, 0.15) is 26.8 Å². The van der Waals surface area contributed by atoms with Crippen LogP contribution in [0.15, 0.2) is 29.3 Å². The number of aromatic nitrogens is 2. The quantitative estimate of drug-likeness (QED) is 0.410. The summed E-state index contributed by atoms with van der Waals surface area (Å²) in [6.45, 7) is 0.432. The SMILES string of the molecule is CN1CCc2nc(C(=O)N3CCN(S(=O)(=O)c4cc5cc(Cl)ccc5[nH]4)CC3CCN(C)S(=O)(=O)C(F)(F)F)sc2C1. The van der Waals surface area contributed by atoms with Crippen LogP contribution in [0.5, 0.6) is 0 Å². The monoisotopic (exact) mass is 668 g/mol. The molecular weight excluding hydrogens is 641 g/mol. The third-order valence-electron chi connectivity index (χ3n) is 7.47. The zero-order valence-electron chi connectivity index (χ0n) is 22.6. The van der Waals surface area contributed by atoms with Crippen molar-refractivity contribution in [2.75, 3.05) is 46.8 Å². The lowest BCUT2D eigenvalue weighted by Gasteiger charge is -2.40. The van der Waals surface area contributed by atoms with Crippen LogP contribution in [-0.2, 0) is 33.0 Å². The molecule has 1 amide bonds. The van der Waals surface area contributed by atoms with Crippen molar-refractivity contribution in [1.82, 2.24) is 28.4 Å². The van der Waals surface area contributed by atoms with E-state index in [2.05, 4.69) is 14.9 Å². The van der Waals surface area contributed by atoms with Crippen LogP contribution >= 0.6 is 22.9 Å². The number of sulfonamides is 2. The van der Waals surface area contributed by atoms with Crippen molar-refractivity contribution in [3.05, 3.63) is 44.9 Å². The zero-order chi connectivity index (χ0) is 30.6. The minimum Gasteiger partial charge on any atom is -0.345 e. The Kier molecular flexibility index (Phi) is 8.41. The van der Waals surface area contributed by atoms with Crippen molar-refractivity contribution in [3.8, 4) is 0 Å². The molecule has 11 nitrogen and oxygen atoms in total. The summed E-state index contributed by atoms with van der Waals surface area (Å²) in [5, 5.41) is 1.10. The summed E-state index contributed by atoms with van der Waals surface area (Å²) in [6.07, 6.45) is 0.431. The summed E-state index contributed by atoms with van der Waals surface area (Å²) in [7, 11) is -6.98. The van der Waals surface area contributed by atoms with Gasteiger partial charge < -0.3 is 14.8 Å². The van der Waals surface area contributed by atoms with Crippen LogP contribution in [0.25, 0.3) is 10.9 Å². The molecule has 0 bridgehead atoms. The minimum absolute atomic E-state index is 0.0608. The summed E-state index contributed by atoms with van der Waals surface area (Å²) in [4.78, 5) is 25.4. The van der Waals surface area contributed by atoms with Crippen molar-refractivity contribution in [2.24, 2.45) is 0 Å². The maximum absolute atomic E-state index is 13.6. The molecule has 2 aliphatic heterocycles. The summed E-state index contributed by atoms with van der Waals surface area (Å²) in [6, 6.07) is 5.36. The van der Waals surface area contributed by atoms with Crippen LogP contribution in [-0.4, -0.2) is 109 Å². The predicted molar refractivity (Wildman–Crippen MR) is 151 cm³/mol. The number of carbonyl (C=O) groups is 1. The smallest absolute Gasteiger partial charge is 0.345 e. The molecule has 1 saturated heterocycles. The normalized spacial score (nSPS) is 19.5. The number of nitrogens with zero attached hydrogens (tertiary/aromatic N) is 5. The lowest BCUT2D eigenvalue weighted by atomic mass is 10.1. The Balaban J connectivity index is 1.42. The largest absolute Gasteiger partial charge is 0.511 e. The van der Waals surface area contributed by atoms with Crippen molar-refractivity contribution in [2.45, 2.75) is 36.0 Å². The van der Waals surface area contributed by atoms with Gasteiger partial charge in [0.2, 0.25) is 0 Å². The second-order valence-corrected chi connectivity index (χ2v) is 15.8. The Morgan fingerprint density at radius 2 is 1.93 bits per heavy atom. The van der Waals surface area contributed by atoms with Gasteiger partial charge in [0.05, 0.1) is 5.69 Å². The van der Waals surface area contributed by atoms with E-state index in [-0.39, 0.29) is 40.4 Å². The van der Waals surface area contributed by atoms with E-state index >= 15 is 0 Å². The molecule has 2 aromatic heterocycles. The fourth-order valence-electron chi connectivity index (χ4n) is 5.08. The highest BCUT2D eigenvalue weighted by Gasteiger charge is 2.49.